The van der Waals surface area contributed by atoms with Crippen molar-refractivity contribution in [1.82, 2.24) is 0 Å². The number of rotatable bonds is 3. The van der Waals surface area contributed by atoms with Gasteiger partial charge in [0.15, 0.2) is 6.67 Å². The van der Waals surface area contributed by atoms with Crippen molar-refractivity contribution in [3.8, 4) is 0 Å². The van der Waals surface area contributed by atoms with Crippen LogP contribution in [0.5, 0.6) is 0 Å². The van der Waals surface area contributed by atoms with Crippen molar-refractivity contribution in [1.29, 1.82) is 0 Å². The Morgan fingerprint density at radius 3 is 1.53 bits per heavy atom. The Morgan fingerprint density at radius 1 is 1.06 bits per heavy atom. The molecule has 0 rings (SSSR count). The largest absolute Gasteiger partial charge is 2.00 e. The first-order valence-corrected chi connectivity index (χ1v) is 3.54. The van der Waals surface area contributed by atoms with E-state index in [4.69, 9.17) is 0 Å². The van der Waals surface area contributed by atoms with Crippen LogP contribution >= 0.6 is 0 Å². The van der Waals surface area contributed by atoms with E-state index in [2.05, 4.69) is 4.74 Å². The topological polar surface area (TPSA) is 43.4 Å². The van der Waals surface area contributed by atoms with E-state index in [0.717, 1.165) is 0 Å². The molecule has 0 unspecified atom stereocenters. The maximum absolute atomic E-state index is 11.9. The van der Waals surface area contributed by atoms with Gasteiger partial charge < -0.3 is 7.59 Å². The number of hydrogen-bond donors (Lipinski definition) is 0. The number of carbonyl (C=O) groups excluding carboxylic acids is 2. The van der Waals surface area contributed by atoms with Gasteiger partial charge in [0.25, 0.3) is 5.78 Å². The summed E-state index contributed by atoms with van der Waals surface area (Å²) in [7, 11) is 3.25. The van der Waals surface area contributed by atoms with Gasteiger partial charge in [-0.3, -0.25) is 9.59 Å². The molecule has 0 aliphatic heterocycles. The minimum atomic E-state index is -5.70. The molecule has 0 spiro atoms. The molecule has 0 bridgehead atoms. The summed E-state index contributed by atoms with van der Waals surface area (Å²) in [4.78, 5) is 19.8. The summed E-state index contributed by atoms with van der Waals surface area (Å²) < 4.78 is 73.3. The minimum absolute atomic E-state index is 0. The second-order valence-corrected chi connectivity index (χ2v) is 2.40. The summed E-state index contributed by atoms with van der Waals surface area (Å²) in [6.45, 7) is -2.63. The molecule has 0 aromatic rings. The number of carbonyl (C=O) groups is 2. The zero-order valence-corrected chi connectivity index (χ0v) is 10.3. The van der Waals surface area contributed by atoms with Crippen LogP contribution in [0.25, 0.3) is 0 Å². The summed E-state index contributed by atoms with van der Waals surface area (Å²) in [5.74, 6) is -11.2. The van der Waals surface area contributed by atoms with Crippen LogP contribution in [0.15, 0.2) is 0 Å². The molecular weight excluding hydrogens is 270 g/mol. The second-order valence-electron chi connectivity index (χ2n) is 2.40. The molecule has 17 heavy (non-hydrogen) atoms. The zero-order chi connectivity index (χ0) is 13.6. The van der Waals surface area contributed by atoms with E-state index in [-0.39, 0.29) is 25.9 Å². The number of halogens is 6. The monoisotopic (exact) mass is 280 g/mol. The smallest absolute Gasteiger partial charge is 1.00 e. The maximum atomic E-state index is 11.9. The molecule has 0 amide bonds. The third kappa shape index (κ3) is 8.38. The molecule has 10 heteroatoms. The van der Waals surface area contributed by atoms with Gasteiger partial charge in [-0.1, -0.05) is 0 Å². The van der Waals surface area contributed by atoms with Gasteiger partial charge in [-0.2, -0.15) is 22.0 Å². The Hall–Kier alpha value is -0.354. The van der Waals surface area contributed by atoms with Crippen molar-refractivity contribution in [3.63, 3.8) is 0 Å². The molecule has 0 radical (unpaired) electrons. The fraction of sp³-hybridized carbons (Fsp3) is 0.714. The molecule has 0 saturated heterocycles. The van der Waals surface area contributed by atoms with Crippen molar-refractivity contribution < 1.29 is 43.5 Å². The van der Waals surface area contributed by atoms with Crippen LogP contribution in [-0.4, -0.2) is 67.6 Å². The van der Waals surface area contributed by atoms with Gasteiger partial charge >= 0.3 is 40.9 Å². The van der Waals surface area contributed by atoms with Crippen molar-refractivity contribution in [2.24, 2.45) is 0 Å². The zero-order valence-electron chi connectivity index (χ0n) is 10.9. The van der Waals surface area contributed by atoms with Gasteiger partial charge in [0, 0.05) is 14.2 Å². The first-order chi connectivity index (χ1) is 7.04. The number of methoxy groups -OCH3 is 1. The standard InChI is InChI=1S/C5H2F6O2.C2H6O.Mg.2H/c6-1-4(7,8)2(12)3(13)5(9,10)11;1-3-2;;;/h1H2;1-2H3;;;/q;;+2;2*-1. The molecule has 0 aliphatic carbocycles. The van der Waals surface area contributed by atoms with Crippen LogP contribution in [-0.2, 0) is 14.3 Å². The van der Waals surface area contributed by atoms with Gasteiger partial charge in [-0.05, 0) is 0 Å². The van der Waals surface area contributed by atoms with E-state index in [0.29, 0.717) is 0 Å². The number of ketones is 2. The first kappa shape index (κ1) is 21.9. The van der Waals surface area contributed by atoms with Gasteiger partial charge in [-0.15, -0.1) is 0 Å². The molecule has 0 atom stereocenters. The van der Waals surface area contributed by atoms with Crippen LogP contribution in [0.3, 0.4) is 0 Å². The Morgan fingerprint density at radius 2 is 1.35 bits per heavy atom. The predicted octanol–water partition coefficient (Wildman–Crippen LogP) is 1.40. The fourth-order valence-corrected chi connectivity index (χ4v) is 0.356. The fourth-order valence-electron chi connectivity index (χ4n) is 0.356. The third-order valence-corrected chi connectivity index (χ3v) is 0.964. The van der Waals surface area contributed by atoms with Gasteiger partial charge in [-0.25, -0.2) is 4.39 Å². The van der Waals surface area contributed by atoms with Crippen molar-refractivity contribution in [2.75, 3.05) is 20.9 Å². The summed E-state index contributed by atoms with van der Waals surface area (Å²) >= 11 is 0. The van der Waals surface area contributed by atoms with Crippen molar-refractivity contribution >= 4 is 34.6 Å². The Bertz CT molecular complexity index is 262. The molecule has 0 aliphatic rings. The Kier molecular flexibility index (Phi) is 11.2. The van der Waals surface area contributed by atoms with Crippen LogP contribution in [0.1, 0.15) is 2.85 Å². The average Bonchev–Trinajstić information content (AvgIpc) is 2.15. The van der Waals surface area contributed by atoms with E-state index in [1.165, 1.54) is 0 Å². The molecule has 0 heterocycles. The maximum Gasteiger partial charge on any atom is 2.00 e. The minimum Gasteiger partial charge on any atom is -1.00 e. The average molecular weight is 280 g/mol. The number of ether oxygens (including phenoxy) is 1. The Balaban J connectivity index is -0.0000000992. The predicted molar refractivity (Wildman–Crippen MR) is 47.9 cm³/mol. The summed E-state index contributed by atoms with van der Waals surface area (Å²) in [5, 5.41) is 0. The first-order valence-electron chi connectivity index (χ1n) is 3.54. The number of hydrogen-bond acceptors (Lipinski definition) is 3. The molecule has 100 valence electrons. The quantitative estimate of drug-likeness (QED) is 0.446. The van der Waals surface area contributed by atoms with E-state index < -0.39 is 30.3 Å². The Labute approximate surface area is 112 Å². The van der Waals surface area contributed by atoms with Crippen LogP contribution < -0.4 is 0 Å². The summed E-state index contributed by atoms with van der Waals surface area (Å²) in [6.07, 6.45) is -5.70. The number of alkyl halides is 6. The van der Waals surface area contributed by atoms with E-state index in [9.17, 15) is 35.9 Å². The molecule has 0 fully saturated rings. The summed E-state index contributed by atoms with van der Waals surface area (Å²) in [6, 6.07) is 0. The van der Waals surface area contributed by atoms with E-state index in [1.807, 2.05) is 0 Å². The molecule has 3 nitrogen and oxygen atoms in total. The molecule has 0 N–H and O–H groups in total. The molecular formula is C7H10F6MgO3. The van der Waals surface area contributed by atoms with Crippen molar-refractivity contribution in [2.45, 2.75) is 12.1 Å². The van der Waals surface area contributed by atoms with Gasteiger partial charge in [0.2, 0.25) is 0 Å². The van der Waals surface area contributed by atoms with Crippen LogP contribution in [0.4, 0.5) is 26.3 Å². The molecule has 0 saturated carbocycles. The molecule has 0 aromatic carbocycles. The summed E-state index contributed by atoms with van der Waals surface area (Å²) in [5.41, 5.74) is 0. The van der Waals surface area contributed by atoms with Crippen LogP contribution in [0.2, 0.25) is 0 Å². The second kappa shape index (κ2) is 8.70. The van der Waals surface area contributed by atoms with Crippen molar-refractivity contribution in [3.05, 3.63) is 0 Å². The molecule has 0 aromatic heterocycles. The van der Waals surface area contributed by atoms with Gasteiger partial charge in [0.05, 0.1) is 0 Å². The van der Waals surface area contributed by atoms with E-state index >= 15 is 0 Å². The number of Topliss-reactive ketones (excluding diaryl/α,β-unsaturated/α-hetero) is 2. The van der Waals surface area contributed by atoms with E-state index in [1.54, 1.807) is 14.2 Å². The SMILES string of the molecule is COC.O=C(C(=O)C(F)(F)CF)C(F)(F)F.[H-].[H-].[Mg+2]. The van der Waals surface area contributed by atoms with Crippen LogP contribution in [0, 0.1) is 0 Å². The normalized spacial score (nSPS) is 10.8. The third-order valence-electron chi connectivity index (χ3n) is 0.964. The van der Waals surface area contributed by atoms with Gasteiger partial charge in [0.1, 0.15) is 0 Å².